The Morgan fingerprint density at radius 2 is 2.05 bits per heavy atom. The molecule has 13 heteroatoms. The van der Waals surface area contributed by atoms with Crippen LogP contribution in [0.2, 0.25) is 0 Å². The number of alkyl halides is 1. The van der Waals surface area contributed by atoms with Crippen molar-refractivity contribution in [1.29, 1.82) is 0 Å². The fourth-order valence-electron chi connectivity index (χ4n) is 3.62. The Kier molecular flexibility index (Phi) is 9.10. The number of para-hydroxylation sites is 1. The molecule has 2 heterocycles. The monoisotopic (exact) mass is 553 g/mol. The number of ether oxygens (including phenoxy) is 2. The highest BCUT2D eigenvalue weighted by Gasteiger charge is 2.58. The summed E-state index contributed by atoms with van der Waals surface area (Å²) in [5, 5.41) is 10.7. The molecule has 0 radical (unpaired) electrons. The first-order chi connectivity index (χ1) is 17.4. The molecule has 1 fully saturated rings. The molecule has 1 aliphatic heterocycles. The number of carbonyl (C=O) groups excluding carboxylic acids is 1. The Hall–Kier alpha value is -2.81. The molecule has 0 amide bonds. The summed E-state index contributed by atoms with van der Waals surface area (Å²) in [6.45, 7) is 4.32. The number of terminal acetylenes is 1. The maximum atomic E-state index is 15.8. The highest BCUT2D eigenvalue weighted by molar-refractivity contribution is 7.71. The number of aliphatic hydroxyl groups excluding tert-OH is 1. The van der Waals surface area contributed by atoms with E-state index in [4.69, 9.17) is 42.9 Å². The van der Waals surface area contributed by atoms with Crippen LogP contribution in [0.4, 0.5) is 10.2 Å². The summed E-state index contributed by atoms with van der Waals surface area (Å²) in [7, 11) is -4.05. The maximum absolute atomic E-state index is 15.8. The van der Waals surface area contributed by atoms with Gasteiger partial charge in [-0.25, -0.2) is 13.9 Å². The zero-order valence-electron chi connectivity index (χ0n) is 20.5. The molecule has 1 saturated heterocycles. The average Bonchev–Trinajstić information content (AvgIpc) is 3.08. The summed E-state index contributed by atoms with van der Waals surface area (Å²) >= 11 is 5.14. The van der Waals surface area contributed by atoms with E-state index in [1.807, 2.05) is 5.92 Å². The lowest BCUT2D eigenvalue weighted by Crippen LogP contribution is -2.42. The first-order valence-corrected chi connectivity index (χ1v) is 13.6. The van der Waals surface area contributed by atoms with Crippen molar-refractivity contribution in [3.8, 4) is 18.1 Å². The van der Waals surface area contributed by atoms with E-state index in [1.54, 1.807) is 44.2 Å². The predicted octanol–water partition coefficient (Wildman–Crippen LogP) is 3.67. The Morgan fingerprint density at radius 3 is 2.65 bits per heavy atom. The number of nitrogen functional groups attached to an aromatic ring is 1. The number of esters is 1. The number of carbonyl (C=O) groups is 1. The third-order valence-electron chi connectivity index (χ3n) is 5.45. The molecule has 6 atom stereocenters. The Morgan fingerprint density at radius 1 is 1.38 bits per heavy atom. The van der Waals surface area contributed by atoms with Crippen LogP contribution >= 0.6 is 19.8 Å². The fraction of sp³-hybridized carbons (Fsp3) is 0.458. The highest BCUT2D eigenvalue weighted by Crippen LogP contribution is 2.51. The SMILES string of the molecule is C#CC1(F)[C@@H](O)[C@@H](COP(=O)(C[C@@H](C)C(=O)OC(C)C)Oc2ccccc2)O[C@H]1n1ccc(N)nc1=S. The van der Waals surface area contributed by atoms with Crippen molar-refractivity contribution in [3.05, 3.63) is 47.4 Å². The van der Waals surface area contributed by atoms with Gasteiger partial charge in [0.15, 0.2) is 6.23 Å². The van der Waals surface area contributed by atoms with Gasteiger partial charge in [0.1, 0.15) is 23.8 Å². The molecule has 37 heavy (non-hydrogen) atoms. The van der Waals surface area contributed by atoms with E-state index in [9.17, 15) is 14.5 Å². The normalized spacial score (nSPS) is 25.7. The Bertz CT molecular complexity index is 1250. The number of nitrogens with two attached hydrogens (primary N) is 1. The summed E-state index contributed by atoms with van der Waals surface area (Å²) in [6.07, 6.45) is 1.24. The van der Waals surface area contributed by atoms with Crippen LogP contribution in [0.15, 0.2) is 42.6 Å². The van der Waals surface area contributed by atoms with Crippen LogP contribution in [0.3, 0.4) is 0 Å². The van der Waals surface area contributed by atoms with Gasteiger partial charge in [0.2, 0.25) is 10.4 Å². The molecule has 1 aromatic heterocycles. The molecule has 0 spiro atoms. The van der Waals surface area contributed by atoms with Gasteiger partial charge < -0.3 is 24.8 Å². The summed E-state index contributed by atoms with van der Waals surface area (Å²) < 4.78 is 52.7. The van der Waals surface area contributed by atoms with Crippen molar-refractivity contribution in [2.45, 2.75) is 51.0 Å². The van der Waals surface area contributed by atoms with E-state index >= 15 is 4.39 Å². The van der Waals surface area contributed by atoms with Gasteiger partial charge in [0.25, 0.3) is 0 Å². The fourth-order valence-corrected chi connectivity index (χ4v) is 5.75. The molecule has 3 rings (SSSR count). The standard InChI is InChI=1S/C24H29FN3O7PS/c1-5-24(25)20(29)18(34-22(24)28-12-11-19(26)27-23(28)37)13-32-36(31,35-17-9-7-6-8-10-17)14-16(4)21(30)33-15(2)3/h1,6-12,15-16,18,20,22,29H,13-14H2,2-4H3,(H2,26,27,37)/t16-,18-,20+,22-,24?,36?/m1/s1. The van der Waals surface area contributed by atoms with Crippen molar-refractivity contribution in [1.82, 2.24) is 9.55 Å². The highest BCUT2D eigenvalue weighted by atomic mass is 32.1. The van der Waals surface area contributed by atoms with Gasteiger partial charge in [-0.3, -0.25) is 13.9 Å². The van der Waals surface area contributed by atoms with Crippen molar-refractivity contribution >= 4 is 31.6 Å². The molecule has 3 N–H and O–H groups in total. The van der Waals surface area contributed by atoms with E-state index in [1.165, 1.54) is 19.2 Å². The molecule has 1 aromatic carbocycles. The lowest BCUT2D eigenvalue weighted by Gasteiger charge is -2.25. The molecule has 10 nitrogen and oxygen atoms in total. The van der Waals surface area contributed by atoms with Crippen molar-refractivity contribution in [2.24, 2.45) is 5.92 Å². The van der Waals surface area contributed by atoms with Crippen LogP contribution in [-0.2, 0) is 23.4 Å². The smallest absolute Gasteiger partial charge is 0.380 e. The number of hydrogen-bond acceptors (Lipinski definition) is 10. The minimum atomic E-state index is -4.05. The molecule has 1 aliphatic rings. The third-order valence-corrected chi connectivity index (χ3v) is 7.77. The van der Waals surface area contributed by atoms with Crippen LogP contribution in [0, 0.1) is 23.0 Å². The number of benzene rings is 1. The number of aromatic nitrogens is 2. The van der Waals surface area contributed by atoms with E-state index in [2.05, 4.69) is 4.98 Å². The first kappa shape index (κ1) is 28.8. The molecule has 0 bridgehead atoms. The van der Waals surface area contributed by atoms with Crippen molar-refractivity contribution < 1.29 is 37.4 Å². The van der Waals surface area contributed by atoms with Crippen LogP contribution in [0.1, 0.15) is 27.0 Å². The van der Waals surface area contributed by atoms with Gasteiger partial charge in [-0.05, 0) is 44.3 Å². The number of aliphatic hydroxyl groups is 1. The van der Waals surface area contributed by atoms with Crippen LogP contribution in [0.5, 0.6) is 5.75 Å². The second kappa shape index (κ2) is 11.7. The van der Waals surface area contributed by atoms with E-state index in [-0.39, 0.29) is 28.6 Å². The van der Waals surface area contributed by atoms with Gasteiger partial charge in [0.05, 0.1) is 24.8 Å². The summed E-state index contributed by atoms with van der Waals surface area (Å²) in [5.74, 6) is 0.812. The number of hydrogen-bond donors (Lipinski definition) is 2. The summed E-state index contributed by atoms with van der Waals surface area (Å²) in [6, 6.07) is 9.56. The lowest BCUT2D eigenvalue weighted by molar-refractivity contribution is -0.151. The second-order valence-electron chi connectivity index (χ2n) is 8.81. The minimum absolute atomic E-state index is 0.106. The molecule has 2 unspecified atom stereocenters. The van der Waals surface area contributed by atoms with Crippen LogP contribution in [0.25, 0.3) is 0 Å². The van der Waals surface area contributed by atoms with Gasteiger partial charge in [0, 0.05) is 6.20 Å². The average molecular weight is 554 g/mol. The largest absolute Gasteiger partial charge is 0.463 e. The number of nitrogens with zero attached hydrogens (tertiary/aromatic N) is 2. The van der Waals surface area contributed by atoms with E-state index in [0.29, 0.717) is 0 Å². The van der Waals surface area contributed by atoms with Gasteiger partial charge in [-0.1, -0.05) is 31.0 Å². The molecule has 0 aliphatic carbocycles. The van der Waals surface area contributed by atoms with Crippen LogP contribution < -0.4 is 10.3 Å². The topological polar surface area (TPSA) is 135 Å². The van der Waals surface area contributed by atoms with Crippen molar-refractivity contribution in [2.75, 3.05) is 18.5 Å². The molecule has 200 valence electrons. The van der Waals surface area contributed by atoms with E-state index in [0.717, 1.165) is 4.57 Å². The number of halogens is 1. The quantitative estimate of drug-likeness (QED) is 0.194. The molecular weight excluding hydrogens is 524 g/mol. The second-order valence-corrected chi connectivity index (χ2v) is 11.2. The summed E-state index contributed by atoms with van der Waals surface area (Å²) in [5.41, 5.74) is 2.89. The van der Waals surface area contributed by atoms with Gasteiger partial charge in [-0.15, -0.1) is 6.42 Å². The number of rotatable bonds is 10. The number of anilines is 1. The zero-order valence-corrected chi connectivity index (χ0v) is 22.2. The maximum Gasteiger partial charge on any atom is 0.380 e. The molecule has 0 saturated carbocycles. The summed E-state index contributed by atoms with van der Waals surface area (Å²) in [4.78, 5) is 16.2. The van der Waals surface area contributed by atoms with Crippen molar-refractivity contribution in [3.63, 3.8) is 0 Å². The molecular formula is C24H29FN3O7PS. The van der Waals surface area contributed by atoms with Gasteiger partial charge >= 0.3 is 13.6 Å². The van der Waals surface area contributed by atoms with Gasteiger partial charge in [-0.2, -0.15) is 0 Å². The van der Waals surface area contributed by atoms with Crippen LogP contribution in [-0.4, -0.2) is 57.4 Å². The van der Waals surface area contributed by atoms with E-state index < -0.39 is 50.2 Å². The zero-order chi connectivity index (χ0) is 27.4. The predicted molar refractivity (Wildman–Crippen MR) is 136 cm³/mol. The first-order valence-electron chi connectivity index (χ1n) is 11.4. The Balaban J connectivity index is 1.83. The Labute approximate surface area is 219 Å². The third kappa shape index (κ3) is 6.74. The lowest BCUT2D eigenvalue weighted by atomic mass is 9.97. The molecule has 2 aromatic rings. The minimum Gasteiger partial charge on any atom is -0.463 e.